The summed E-state index contributed by atoms with van der Waals surface area (Å²) < 4.78 is 0. The summed E-state index contributed by atoms with van der Waals surface area (Å²) in [6.45, 7) is 2.62. The topological polar surface area (TPSA) is 86.6 Å². The van der Waals surface area contributed by atoms with Crippen LogP contribution in [-0.4, -0.2) is 34.7 Å². The standard InChI is InChI=1S/C15H19NO4/c1-10(11(2)15(19)20)14(18)16-13(9-17)8-12-6-4-3-5-7-12/h3-7,13,17H,8-9H2,1-2H3,(H,16,18)(H,19,20)/b11-10+/t13-/m1/s1. The Balaban J connectivity index is 2.72. The molecule has 0 aliphatic carbocycles. The molecular formula is C15H19NO4. The van der Waals surface area contributed by atoms with Crippen LogP contribution < -0.4 is 5.32 Å². The molecule has 0 aromatic heterocycles. The molecule has 1 atom stereocenters. The molecule has 3 N–H and O–H groups in total. The van der Waals surface area contributed by atoms with E-state index in [4.69, 9.17) is 5.11 Å². The summed E-state index contributed by atoms with van der Waals surface area (Å²) in [6, 6.07) is 9.01. The van der Waals surface area contributed by atoms with Crippen molar-refractivity contribution < 1.29 is 19.8 Å². The normalized spacial score (nSPS) is 13.3. The first-order valence-electron chi connectivity index (χ1n) is 6.32. The Morgan fingerprint density at radius 2 is 1.75 bits per heavy atom. The molecular weight excluding hydrogens is 258 g/mol. The smallest absolute Gasteiger partial charge is 0.331 e. The molecule has 0 saturated carbocycles. The third-order valence-corrected chi connectivity index (χ3v) is 3.10. The first-order chi connectivity index (χ1) is 9.45. The monoisotopic (exact) mass is 277 g/mol. The van der Waals surface area contributed by atoms with Crippen molar-refractivity contribution in [3.05, 3.63) is 47.0 Å². The van der Waals surface area contributed by atoms with Gasteiger partial charge in [0.25, 0.3) is 0 Å². The van der Waals surface area contributed by atoms with E-state index >= 15 is 0 Å². The molecule has 0 spiro atoms. The molecule has 0 aliphatic rings. The third kappa shape index (κ3) is 4.51. The van der Waals surface area contributed by atoms with E-state index < -0.39 is 17.9 Å². The van der Waals surface area contributed by atoms with E-state index in [1.165, 1.54) is 13.8 Å². The lowest BCUT2D eigenvalue weighted by molar-refractivity contribution is -0.133. The predicted molar refractivity (Wildman–Crippen MR) is 75.2 cm³/mol. The summed E-state index contributed by atoms with van der Waals surface area (Å²) in [6.07, 6.45) is 0.489. The molecule has 0 aliphatic heterocycles. The Labute approximate surface area is 117 Å². The van der Waals surface area contributed by atoms with Crippen LogP contribution in [0.2, 0.25) is 0 Å². The van der Waals surface area contributed by atoms with Gasteiger partial charge in [-0.05, 0) is 25.8 Å². The first kappa shape index (κ1) is 15.9. The highest BCUT2D eigenvalue weighted by atomic mass is 16.4. The fourth-order valence-corrected chi connectivity index (χ4v) is 1.68. The second kappa shape index (κ2) is 7.45. The molecule has 20 heavy (non-hydrogen) atoms. The van der Waals surface area contributed by atoms with E-state index in [9.17, 15) is 14.7 Å². The maximum Gasteiger partial charge on any atom is 0.331 e. The highest BCUT2D eigenvalue weighted by molar-refractivity contribution is 6.01. The lowest BCUT2D eigenvalue weighted by Gasteiger charge is -2.17. The summed E-state index contributed by atoms with van der Waals surface area (Å²) in [5, 5.41) is 20.8. The number of rotatable bonds is 6. The summed E-state index contributed by atoms with van der Waals surface area (Å²) >= 11 is 0. The number of amides is 1. The largest absolute Gasteiger partial charge is 0.478 e. The number of carbonyl (C=O) groups excluding carboxylic acids is 1. The van der Waals surface area contributed by atoms with E-state index in [2.05, 4.69) is 5.32 Å². The van der Waals surface area contributed by atoms with E-state index in [0.717, 1.165) is 5.56 Å². The van der Waals surface area contributed by atoms with Crippen LogP contribution in [0, 0.1) is 0 Å². The van der Waals surface area contributed by atoms with Crippen molar-refractivity contribution in [2.24, 2.45) is 0 Å². The van der Waals surface area contributed by atoms with Gasteiger partial charge in [0.2, 0.25) is 5.91 Å². The van der Waals surface area contributed by atoms with E-state index in [1.807, 2.05) is 30.3 Å². The summed E-state index contributed by atoms with van der Waals surface area (Å²) in [5.74, 6) is -1.60. The number of benzene rings is 1. The number of carboxylic acid groups (broad SMARTS) is 1. The maximum absolute atomic E-state index is 11.9. The van der Waals surface area contributed by atoms with Crippen LogP contribution in [0.1, 0.15) is 19.4 Å². The van der Waals surface area contributed by atoms with Gasteiger partial charge in [-0.3, -0.25) is 4.79 Å². The zero-order valence-electron chi connectivity index (χ0n) is 11.6. The second-order valence-corrected chi connectivity index (χ2v) is 4.60. The quantitative estimate of drug-likeness (QED) is 0.680. The van der Waals surface area contributed by atoms with Crippen LogP contribution in [0.5, 0.6) is 0 Å². The highest BCUT2D eigenvalue weighted by Crippen LogP contribution is 2.06. The van der Waals surface area contributed by atoms with Crippen LogP contribution in [0.25, 0.3) is 0 Å². The van der Waals surface area contributed by atoms with Gasteiger partial charge >= 0.3 is 5.97 Å². The van der Waals surface area contributed by atoms with Crippen molar-refractivity contribution >= 4 is 11.9 Å². The van der Waals surface area contributed by atoms with Crippen LogP contribution in [0.15, 0.2) is 41.5 Å². The fourth-order valence-electron chi connectivity index (χ4n) is 1.68. The Hall–Kier alpha value is -2.14. The molecule has 1 rings (SSSR count). The van der Waals surface area contributed by atoms with Crippen molar-refractivity contribution in [3.63, 3.8) is 0 Å². The van der Waals surface area contributed by atoms with E-state index in [1.54, 1.807) is 0 Å². The van der Waals surface area contributed by atoms with Gasteiger partial charge in [-0.25, -0.2) is 4.79 Å². The molecule has 1 aromatic carbocycles. The molecule has 108 valence electrons. The van der Waals surface area contributed by atoms with Crippen molar-refractivity contribution in [2.45, 2.75) is 26.3 Å². The van der Waals surface area contributed by atoms with Crippen LogP contribution in [0.4, 0.5) is 0 Å². The van der Waals surface area contributed by atoms with Crippen molar-refractivity contribution in [2.75, 3.05) is 6.61 Å². The number of aliphatic hydroxyl groups is 1. The van der Waals surface area contributed by atoms with Crippen molar-refractivity contribution in [1.29, 1.82) is 0 Å². The third-order valence-electron chi connectivity index (χ3n) is 3.10. The molecule has 5 heteroatoms. The number of aliphatic carboxylic acids is 1. The SMILES string of the molecule is C/C(C(=O)O)=C(/C)C(=O)N[C@@H](CO)Cc1ccccc1. The average molecular weight is 277 g/mol. The maximum atomic E-state index is 11.9. The fraction of sp³-hybridized carbons (Fsp3) is 0.333. The van der Waals surface area contributed by atoms with Crippen LogP contribution in [-0.2, 0) is 16.0 Å². The van der Waals surface area contributed by atoms with Crippen LogP contribution in [0.3, 0.4) is 0 Å². The predicted octanol–water partition coefficient (Wildman–Crippen LogP) is 1.13. The molecule has 0 saturated heterocycles. The van der Waals surface area contributed by atoms with Gasteiger partial charge < -0.3 is 15.5 Å². The zero-order valence-corrected chi connectivity index (χ0v) is 11.6. The van der Waals surface area contributed by atoms with Gasteiger partial charge in [0.05, 0.1) is 12.6 Å². The molecule has 0 unspecified atom stereocenters. The Kier molecular flexibility index (Phi) is 5.93. The number of nitrogens with one attached hydrogen (secondary N) is 1. The Morgan fingerprint density at radius 3 is 2.25 bits per heavy atom. The molecule has 0 heterocycles. The van der Waals surface area contributed by atoms with E-state index in [0.29, 0.717) is 6.42 Å². The molecule has 0 fully saturated rings. The molecule has 0 radical (unpaired) electrons. The Morgan fingerprint density at radius 1 is 1.15 bits per heavy atom. The highest BCUT2D eigenvalue weighted by Gasteiger charge is 2.16. The van der Waals surface area contributed by atoms with Crippen LogP contribution >= 0.6 is 0 Å². The lowest BCUT2D eigenvalue weighted by atomic mass is 10.1. The minimum atomic E-state index is -1.12. The first-order valence-corrected chi connectivity index (χ1v) is 6.32. The van der Waals surface area contributed by atoms with Gasteiger partial charge in [-0.15, -0.1) is 0 Å². The number of hydrogen-bond acceptors (Lipinski definition) is 3. The number of aliphatic hydroxyl groups excluding tert-OH is 1. The molecule has 0 bridgehead atoms. The summed E-state index contributed by atoms with van der Waals surface area (Å²) in [4.78, 5) is 22.7. The van der Waals surface area contributed by atoms with Gasteiger partial charge in [0.1, 0.15) is 0 Å². The van der Waals surface area contributed by atoms with Gasteiger partial charge in [0, 0.05) is 11.1 Å². The average Bonchev–Trinajstić information content (AvgIpc) is 2.45. The summed E-state index contributed by atoms with van der Waals surface area (Å²) in [5.41, 5.74) is 1.13. The number of carbonyl (C=O) groups is 2. The zero-order chi connectivity index (χ0) is 15.1. The number of carboxylic acids is 1. The molecule has 1 amide bonds. The number of hydrogen-bond donors (Lipinski definition) is 3. The van der Waals surface area contributed by atoms with E-state index in [-0.39, 0.29) is 17.8 Å². The minimum Gasteiger partial charge on any atom is -0.478 e. The summed E-state index contributed by atoms with van der Waals surface area (Å²) in [7, 11) is 0. The van der Waals surface area contributed by atoms with Gasteiger partial charge in [0.15, 0.2) is 0 Å². The lowest BCUT2D eigenvalue weighted by Crippen LogP contribution is -2.39. The molecule has 1 aromatic rings. The molecule has 5 nitrogen and oxygen atoms in total. The Bertz CT molecular complexity index is 508. The minimum absolute atomic E-state index is 0.00102. The van der Waals surface area contributed by atoms with Gasteiger partial charge in [-0.2, -0.15) is 0 Å². The van der Waals surface area contributed by atoms with Crippen molar-refractivity contribution in [3.8, 4) is 0 Å². The van der Waals surface area contributed by atoms with Gasteiger partial charge in [-0.1, -0.05) is 30.3 Å². The second-order valence-electron chi connectivity index (χ2n) is 4.60. The van der Waals surface area contributed by atoms with Crippen molar-refractivity contribution in [1.82, 2.24) is 5.32 Å².